The molecule has 0 saturated carbocycles. The highest BCUT2D eigenvalue weighted by Gasteiger charge is 2.17. The Labute approximate surface area is 132 Å². The van der Waals surface area contributed by atoms with E-state index in [4.69, 9.17) is 16.7 Å². The van der Waals surface area contributed by atoms with Crippen molar-refractivity contribution in [2.75, 3.05) is 0 Å². The Bertz CT molecular complexity index is 765. The number of carboxylic acids is 1. The maximum atomic E-state index is 12.3. The molecule has 0 aromatic heterocycles. The minimum Gasteiger partial charge on any atom is -0.478 e. The van der Waals surface area contributed by atoms with Crippen molar-refractivity contribution in [1.82, 2.24) is 0 Å². The number of carboxylic acid groups (broad SMARTS) is 1. The van der Waals surface area contributed by atoms with Gasteiger partial charge >= 0.3 is 5.97 Å². The van der Waals surface area contributed by atoms with E-state index in [1.54, 1.807) is 30.3 Å². The van der Waals surface area contributed by atoms with E-state index < -0.39 is 5.97 Å². The Morgan fingerprint density at radius 1 is 1.00 bits per heavy atom. The van der Waals surface area contributed by atoms with Crippen molar-refractivity contribution < 1.29 is 19.5 Å². The van der Waals surface area contributed by atoms with Crippen molar-refractivity contribution in [3.63, 3.8) is 0 Å². The Kier molecular flexibility index (Phi) is 4.73. The molecule has 0 heterocycles. The molecule has 0 fully saturated rings. The fourth-order valence-electron chi connectivity index (χ4n) is 2.15. The fraction of sp³-hybridized carbons (Fsp3) is 0.118. The van der Waals surface area contributed by atoms with Gasteiger partial charge in [-0.3, -0.25) is 9.59 Å². The number of aromatic carboxylic acids is 1. The number of hydrogen-bond donors (Lipinski definition) is 1. The van der Waals surface area contributed by atoms with Gasteiger partial charge in [-0.05, 0) is 30.7 Å². The van der Waals surface area contributed by atoms with Crippen LogP contribution in [0.4, 0.5) is 0 Å². The monoisotopic (exact) mass is 316 g/mol. The first-order chi connectivity index (χ1) is 10.4. The molecule has 0 aliphatic rings. The number of halogens is 1. The average molecular weight is 317 g/mol. The summed E-state index contributed by atoms with van der Waals surface area (Å²) in [5, 5.41) is 9.45. The zero-order valence-electron chi connectivity index (χ0n) is 11.8. The summed E-state index contributed by atoms with van der Waals surface area (Å²) in [7, 11) is 0. The molecule has 0 amide bonds. The topological polar surface area (TPSA) is 71.4 Å². The Balaban J connectivity index is 2.32. The molecule has 0 saturated heterocycles. The summed E-state index contributed by atoms with van der Waals surface area (Å²) < 4.78 is 0. The summed E-state index contributed by atoms with van der Waals surface area (Å²) in [6.45, 7) is 1.40. The zero-order valence-corrected chi connectivity index (χ0v) is 12.6. The van der Waals surface area contributed by atoms with Crippen LogP contribution in [0.2, 0.25) is 5.02 Å². The highest BCUT2D eigenvalue weighted by molar-refractivity contribution is 6.33. The van der Waals surface area contributed by atoms with Gasteiger partial charge in [0, 0.05) is 17.5 Å². The van der Waals surface area contributed by atoms with Gasteiger partial charge < -0.3 is 5.11 Å². The van der Waals surface area contributed by atoms with Crippen LogP contribution in [0, 0.1) is 0 Å². The standard InChI is InChI=1S/C17H13ClO4/c1-10(19)14-8-11(6-7-15(14)18)9-16(20)12-4-2-3-5-13(12)17(21)22/h2-8H,9H2,1H3,(H,21,22). The van der Waals surface area contributed by atoms with E-state index in [-0.39, 0.29) is 29.1 Å². The molecule has 0 bridgehead atoms. The van der Waals surface area contributed by atoms with E-state index in [1.165, 1.54) is 19.1 Å². The average Bonchev–Trinajstić information content (AvgIpc) is 2.48. The molecule has 2 rings (SSSR count). The number of carbonyl (C=O) groups is 3. The summed E-state index contributed by atoms with van der Waals surface area (Å²) in [5.74, 6) is -1.66. The van der Waals surface area contributed by atoms with Crippen molar-refractivity contribution in [2.45, 2.75) is 13.3 Å². The molecule has 0 atom stereocenters. The lowest BCUT2D eigenvalue weighted by Gasteiger charge is -2.07. The molecule has 1 N–H and O–H groups in total. The summed E-state index contributed by atoms with van der Waals surface area (Å²) in [4.78, 5) is 34.9. The molecule has 0 aliphatic carbocycles. The van der Waals surface area contributed by atoms with Gasteiger partial charge in [-0.25, -0.2) is 4.79 Å². The van der Waals surface area contributed by atoms with Crippen LogP contribution in [0.3, 0.4) is 0 Å². The predicted octanol–water partition coefficient (Wildman–Crippen LogP) is 3.67. The number of carbonyl (C=O) groups excluding carboxylic acids is 2. The molecule has 0 aliphatic heterocycles. The van der Waals surface area contributed by atoms with Crippen LogP contribution in [0.25, 0.3) is 0 Å². The first kappa shape index (κ1) is 15.9. The van der Waals surface area contributed by atoms with E-state index in [0.717, 1.165) is 0 Å². The van der Waals surface area contributed by atoms with Gasteiger partial charge in [0.15, 0.2) is 11.6 Å². The SMILES string of the molecule is CC(=O)c1cc(CC(=O)c2ccccc2C(=O)O)ccc1Cl. The maximum absolute atomic E-state index is 12.3. The molecule has 0 radical (unpaired) electrons. The normalized spacial score (nSPS) is 10.3. The largest absolute Gasteiger partial charge is 0.478 e. The van der Waals surface area contributed by atoms with Crippen LogP contribution in [0.5, 0.6) is 0 Å². The first-order valence-corrected chi connectivity index (χ1v) is 6.93. The molecule has 112 valence electrons. The molecule has 0 unspecified atom stereocenters. The molecule has 4 nitrogen and oxygen atoms in total. The highest BCUT2D eigenvalue weighted by atomic mass is 35.5. The highest BCUT2D eigenvalue weighted by Crippen LogP contribution is 2.20. The van der Waals surface area contributed by atoms with Gasteiger partial charge in [-0.1, -0.05) is 35.9 Å². The Morgan fingerprint density at radius 2 is 1.64 bits per heavy atom. The van der Waals surface area contributed by atoms with Crippen LogP contribution in [-0.4, -0.2) is 22.6 Å². The first-order valence-electron chi connectivity index (χ1n) is 6.55. The third kappa shape index (κ3) is 3.40. The summed E-state index contributed by atoms with van der Waals surface area (Å²) in [6, 6.07) is 10.8. The van der Waals surface area contributed by atoms with Gasteiger partial charge in [0.2, 0.25) is 0 Å². The minimum atomic E-state index is -1.15. The Morgan fingerprint density at radius 3 is 2.23 bits per heavy atom. The Hall–Kier alpha value is -2.46. The van der Waals surface area contributed by atoms with Crippen LogP contribution in [0.15, 0.2) is 42.5 Å². The minimum absolute atomic E-state index is 0.00173. The van der Waals surface area contributed by atoms with Crippen LogP contribution in [-0.2, 0) is 6.42 Å². The second kappa shape index (κ2) is 6.54. The van der Waals surface area contributed by atoms with Gasteiger partial charge in [-0.2, -0.15) is 0 Å². The second-order valence-electron chi connectivity index (χ2n) is 4.82. The molecular weight excluding hydrogens is 304 g/mol. The number of hydrogen-bond acceptors (Lipinski definition) is 3. The fourth-order valence-corrected chi connectivity index (χ4v) is 2.40. The lowest BCUT2D eigenvalue weighted by molar-refractivity contribution is 0.0691. The molecule has 2 aromatic rings. The van der Waals surface area contributed by atoms with Crippen molar-refractivity contribution in [3.8, 4) is 0 Å². The summed E-state index contributed by atoms with van der Waals surface area (Å²) >= 11 is 5.93. The van der Waals surface area contributed by atoms with Crippen LogP contribution < -0.4 is 0 Å². The number of benzene rings is 2. The van der Waals surface area contributed by atoms with E-state index in [0.29, 0.717) is 16.1 Å². The lowest BCUT2D eigenvalue weighted by Crippen LogP contribution is -2.11. The zero-order chi connectivity index (χ0) is 16.3. The van der Waals surface area contributed by atoms with Gasteiger partial charge in [-0.15, -0.1) is 0 Å². The van der Waals surface area contributed by atoms with E-state index in [9.17, 15) is 14.4 Å². The van der Waals surface area contributed by atoms with Gasteiger partial charge in [0.05, 0.1) is 10.6 Å². The number of ketones is 2. The van der Waals surface area contributed by atoms with Crippen LogP contribution in [0.1, 0.15) is 43.6 Å². The predicted molar refractivity (Wildman–Crippen MR) is 82.9 cm³/mol. The number of Topliss-reactive ketones (excluding diaryl/α,β-unsaturated/α-hetero) is 2. The molecule has 0 spiro atoms. The lowest BCUT2D eigenvalue weighted by atomic mass is 9.97. The smallest absolute Gasteiger partial charge is 0.336 e. The molecular formula is C17H13ClO4. The van der Waals surface area contributed by atoms with Crippen molar-refractivity contribution in [2.24, 2.45) is 0 Å². The van der Waals surface area contributed by atoms with Crippen LogP contribution >= 0.6 is 11.6 Å². The molecule has 22 heavy (non-hydrogen) atoms. The third-order valence-electron chi connectivity index (χ3n) is 3.23. The van der Waals surface area contributed by atoms with Crippen molar-refractivity contribution in [3.05, 3.63) is 69.7 Å². The van der Waals surface area contributed by atoms with Crippen molar-refractivity contribution in [1.29, 1.82) is 0 Å². The van der Waals surface area contributed by atoms with Crippen molar-refractivity contribution >= 4 is 29.1 Å². The van der Waals surface area contributed by atoms with Gasteiger partial charge in [0.1, 0.15) is 0 Å². The van der Waals surface area contributed by atoms with Gasteiger partial charge in [0.25, 0.3) is 0 Å². The van der Waals surface area contributed by atoms with E-state index in [1.807, 2.05) is 0 Å². The second-order valence-corrected chi connectivity index (χ2v) is 5.23. The van der Waals surface area contributed by atoms with E-state index >= 15 is 0 Å². The quantitative estimate of drug-likeness (QED) is 0.854. The third-order valence-corrected chi connectivity index (χ3v) is 3.56. The molecule has 5 heteroatoms. The maximum Gasteiger partial charge on any atom is 0.336 e. The summed E-state index contributed by atoms with van der Waals surface area (Å²) in [6.07, 6.45) is 0.00173. The summed E-state index contributed by atoms with van der Waals surface area (Å²) in [5.41, 5.74) is 1.07. The number of rotatable bonds is 5. The molecule has 2 aromatic carbocycles. The van der Waals surface area contributed by atoms with E-state index in [2.05, 4.69) is 0 Å².